The number of aromatic nitrogens is 3. The van der Waals surface area contributed by atoms with Crippen LogP contribution in [0.4, 0.5) is 23.1 Å². The van der Waals surface area contributed by atoms with E-state index in [1.807, 2.05) is 4.90 Å². The first-order chi connectivity index (χ1) is 11.7. The van der Waals surface area contributed by atoms with Gasteiger partial charge in [0.15, 0.2) is 0 Å². The first-order valence-electron chi connectivity index (χ1n) is 7.83. The summed E-state index contributed by atoms with van der Waals surface area (Å²) >= 11 is 0. The highest BCUT2D eigenvalue weighted by molar-refractivity contribution is 5.73. The average molecular weight is 329 g/mol. The molecule has 2 aromatic rings. The fourth-order valence-electron chi connectivity index (χ4n) is 2.69. The molecule has 1 aliphatic heterocycles. The van der Waals surface area contributed by atoms with Gasteiger partial charge in [0, 0.05) is 32.4 Å². The van der Waals surface area contributed by atoms with Crippen LogP contribution in [0.15, 0.2) is 30.7 Å². The van der Waals surface area contributed by atoms with Crippen LogP contribution in [-0.4, -0.2) is 57.5 Å². The topological polar surface area (TPSA) is 100 Å². The van der Waals surface area contributed by atoms with E-state index in [1.54, 1.807) is 24.4 Å². The van der Waals surface area contributed by atoms with E-state index in [-0.39, 0.29) is 11.5 Å². The van der Waals surface area contributed by atoms with E-state index in [2.05, 4.69) is 32.1 Å². The summed E-state index contributed by atoms with van der Waals surface area (Å²) in [7, 11) is 0. The van der Waals surface area contributed by atoms with Gasteiger partial charge in [-0.25, -0.2) is 15.0 Å². The van der Waals surface area contributed by atoms with E-state index in [1.165, 1.54) is 6.33 Å². The molecule has 0 bridgehead atoms. The van der Waals surface area contributed by atoms with E-state index in [0.29, 0.717) is 24.7 Å². The number of nitrogens with zero attached hydrogens (tertiary/aromatic N) is 6. The molecule has 9 heteroatoms. The average Bonchev–Trinajstić information content (AvgIpc) is 2.62. The molecule has 1 saturated heterocycles. The summed E-state index contributed by atoms with van der Waals surface area (Å²) in [4.78, 5) is 27.8. The molecule has 0 amide bonds. The van der Waals surface area contributed by atoms with Crippen molar-refractivity contribution in [1.82, 2.24) is 19.9 Å². The van der Waals surface area contributed by atoms with Gasteiger partial charge in [-0.1, -0.05) is 13.0 Å². The van der Waals surface area contributed by atoms with E-state index in [0.717, 1.165) is 19.6 Å². The van der Waals surface area contributed by atoms with Crippen molar-refractivity contribution in [2.45, 2.75) is 6.92 Å². The van der Waals surface area contributed by atoms with Crippen LogP contribution in [0.2, 0.25) is 0 Å². The van der Waals surface area contributed by atoms with Crippen molar-refractivity contribution >= 4 is 23.1 Å². The summed E-state index contributed by atoms with van der Waals surface area (Å²) in [5, 5.41) is 14.5. The van der Waals surface area contributed by atoms with Crippen LogP contribution in [0.5, 0.6) is 0 Å². The molecule has 1 aliphatic rings. The number of anilines is 3. The van der Waals surface area contributed by atoms with Crippen molar-refractivity contribution in [3.63, 3.8) is 0 Å². The molecular formula is C15H19N7O2. The summed E-state index contributed by atoms with van der Waals surface area (Å²) < 4.78 is 0. The molecule has 1 fully saturated rings. The van der Waals surface area contributed by atoms with Gasteiger partial charge in [-0.3, -0.25) is 10.1 Å². The van der Waals surface area contributed by atoms with Gasteiger partial charge in [0.1, 0.15) is 12.1 Å². The Hall–Kier alpha value is -2.81. The first-order valence-corrected chi connectivity index (χ1v) is 7.83. The Bertz CT molecular complexity index is 702. The lowest BCUT2D eigenvalue weighted by Gasteiger charge is -2.34. The Morgan fingerprint density at radius 3 is 2.62 bits per heavy atom. The van der Waals surface area contributed by atoms with Crippen LogP contribution in [-0.2, 0) is 0 Å². The highest BCUT2D eigenvalue weighted by Crippen LogP contribution is 2.33. The number of hydrogen-bond acceptors (Lipinski definition) is 8. The minimum absolute atomic E-state index is 0.117. The molecule has 0 aliphatic carbocycles. The largest absolute Gasteiger partial charge is 0.353 e. The second kappa shape index (κ2) is 7.18. The molecule has 24 heavy (non-hydrogen) atoms. The van der Waals surface area contributed by atoms with Crippen molar-refractivity contribution in [3.05, 3.63) is 40.8 Å². The molecule has 126 valence electrons. The Morgan fingerprint density at radius 2 is 2.00 bits per heavy atom. The van der Waals surface area contributed by atoms with Crippen LogP contribution in [0.1, 0.15) is 6.92 Å². The smallest absolute Gasteiger partial charge is 0.348 e. The van der Waals surface area contributed by atoms with Crippen molar-refractivity contribution in [1.29, 1.82) is 0 Å². The predicted molar refractivity (Wildman–Crippen MR) is 90.5 cm³/mol. The molecule has 0 spiro atoms. The van der Waals surface area contributed by atoms with E-state index in [9.17, 15) is 10.1 Å². The lowest BCUT2D eigenvalue weighted by molar-refractivity contribution is -0.383. The summed E-state index contributed by atoms with van der Waals surface area (Å²) in [6, 6.07) is 5.30. The Labute approximate surface area is 139 Å². The van der Waals surface area contributed by atoms with Crippen LogP contribution in [0.25, 0.3) is 0 Å². The zero-order chi connectivity index (χ0) is 16.9. The fourth-order valence-corrected chi connectivity index (χ4v) is 2.69. The fraction of sp³-hybridized carbons (Fsp3) is 0.400. The van der Waals surface area contributed by atoms with Gasteiger partial charge in [0.2, 0.25) is 11.6 Å². The maximum absolute atomic E-state index is 11.6. The monoisotopic (exact) mass is 329 g/mol. The second-order valence-corrected chi connectivity index (χ2v) is 5.41. The van der Waals surface area contributed by atoms with Crippen LogP contribution in [0.3, 0.4) is 0 Å². The minimum Gasteiger partial charge on any atom is -0.348 e. The third-order valence-electron chi connectivity index (χ3n) is 4.02. The van der Waals surface area contributed by atoms with E-state index >= 15 is 0 Å². The minimum atomic E-state index is -0.438. The number of hydrogen-bond donors (Lipinski definition) is 1. The second-order valence-electron chi connectivity index (χ2n) is 5.41. The molecule has 1 N–H and O–H groups in total. The van der Waals surface area contributed by atoms with E-state index in [4.69, 9.17) is 0 Å². The lowest BCUT2D eigenvalue weighted by atomic mass is 10.3. The highest BCUT2D eigenvalue weighted by atomic mass is 16.6. The predicted octanol–water partition coefficient (Wildman–Crippen LogP) is 1.67. The van der Waals surface area contributed by atoms with Gasteiger partial charge in [0.05, 0.1) is 4.92 Å². The molecule has 0 saturated carbocycles. The first kappa shape index (κ1) is 16.1. The molecule has 0 radical (unpaired) electrons. The van der Waals surface area contributed by atoms with Gasteiger partial charge in [-0.2, -0.15) is 0 Å². The third-order valence-corrected chi connectivity index (χ3v) is 4.02. The van der Waals surface area contributed by atoms with Gasteiger partial charge >= 0.3 is 5.69 Å². The standard InChI is InChI=1S/C15H19N7O2/c1-2-20-7-9-21(10-8-20)15-13(22(23)24)14(17-11-18-15)19-12-5-3-4-6-16-12/h3-6,11H,2,7-10H2,1H3,(H,16,17,18,19). The highest BCUT2D eigenvalue weighted by Gasteiger charge is 2.29. The zero-order valence-corrected chi connectivity index (χ0v) is 13.4. The number of nitrogens with one attached hydrogen (secondary N) is 1. The van der Waals surface area contributed by atoms with Crippen molar-refractivity contribution in [2.75, 3.05) is 42.9 Å². The maximum atomic E-state index is 11.6. The van der Waals surface area contributed by atoms with Crippen LogP contribution >= 0.6 is 0 Å². The van der Waals surface area contributed by atoms with Crippen molar-refractivity contribution in [2.24, 2.45) is 0 Å². The lowest BCUT2D eigenvalue weighted by Crippen LogP contribution is -2.46. The molecule has 3 rings (SSSR count). The molecule has 3 heterocycles. The Morgan fingerprint density at radius 1 is 1.21 bits per heavy atom. The van der Waals surface area contributed by atoms with Gasteiger partial charge in [-0.05, 0) is 18.7 Å². The van der Waals surface area contributed by atoms with Crippen molar-refractivity contribution < 1.29 is 4.92 Å². The van der Waals surface area contributed by atoms with Crippen LogP contribution < -0.4 is 10.2 Å². The summed E-state index contributed by atoms with van der Waals surface area (Å²) in [6.07, 6.45) is 2.96. The number of nitro groups is 1. The molecule has 2 aromatic heterocycles. The van der Waals surface area contributed by atoms with E-state index < -0.39 is 4.92 Å². The Kier molecular flexibility index (Phi) is 4.80. The van der Waals surface area contributed by atoms with Gasteiger partial charge in [0.25, 0.3) is 0 Å². The van der Waals surface area contributed by atoms with Crippen molar-refractivity contribution in [3.8, 4) is 0 Å². The van der Waals surface area contributed by atoms with Gasteiger partial charge in [-0.15, -0.1) is 0 Å². The molecule has 0 atom stereocenters. The number of piperazine rings is 1. The summed E-state index contributed by atoms with van der Waals surface area (Å²) in [6.45, 7) is 6.22. The summed E-state index contributed by atoms with van der Waals surface area (Å²) in [5.74, 6) is 1.01. The normalized spacial score (nSPS) is 15.3. The maximum Gasteiger partial charge on any atom is 0.353 e. The third kappa shape index (κ3) is 3.40. The van der Waals surface area contributed by atoms with Crippen LogP contribution in [0, 0.1) is 10.1 Å². The number of pyridine rings is 1. The molecular weight excluding hydrogens is 310 g/mol. The molecule has 9 nitrogen and oxygen atoms in total. The SMILES string of the molecule is CCN1CCN(c2ncnc(Nc3ccccn3)c2[N+](=O)[O-])CC1. The Balaban J connectivity index is 1.90. The molecule has 0 unspecified atom stereocenters. The number of likely N-dealkylation sites (N-methyl/N-ethyl adjacent to an activating group) is 1. The summed E-state index contributed by atoms with van der Waals surface area (Å²) in [5.41, 5.74) is -0.117. The number of rotatable bonds is 5. The molecule has 0 aromatic carbocycles. The quantitative estimate of drug-likeness (QED) is 0.653. The van der Waals surface area contributed by atoms with Gasteiger partial charge < -0.3 is 15.1 Å². The zero-order valence-electron chi connectivity index (χ0n) is 13.4.